The summed E-state index contributed by atoms with van der Waals surface area (Å²) in [5.74, 6) is 0.560. The normalized spacial score (nSPS) is 17.6. The van der Waals surface area contributed by atoms with E-state index in [9.17, 15) is 18.0 Å². The molecule has 50 heavy (non-hydrogen) atoms. The van der Waals surface area contributed by atoms with Crippen molar-refractivity contribution in [2.24, 2.45) is 7.05 Å². The first-order chi connectivity index (χ1) is 24.2. The zero-order chi connectivity index (χ0) is 34.7. The number of carbonyl (C=O) groups excluding carboxylic acids is 1. The molecule has 14 heteroatoms. The van der Waals surface area contributed by atoms with Crippen LogP contribution in [0.4, 0.5) is 35.5 Å². The molecule has 5 aromatic rings. The lowest BCUT2D eigenvalue weighted by molar-refractivity contribution is -0.137. The van der Waals surface area contributed by atoms with Crippen molar-refractivity contribution in [3.63, 3.8) is 0 Å². The molecule has 0 spiro atoms. The molecule has 1 aliphatic heterocycles. The quantitative estimate of drug-likeness (QED) is 0.194. The highest BCUT2D eigenvalue weighted by atomic mass is 19.4. The van der Waals surface area contributed by atoms with Crippen molar-refractivity contribution >= 4 is 23.6 Å². The van der Waals surface area contributed by atoms with E-state index in [1.165, 1.54) is 0 Å². The molecule has 0 atom stereocenters. The number of pyridine rings is 2. The number of amides is 2. The molecular weight excluding hydrogens is 645 g/mol. The minimum absolute atomic E-state index is 0.0841. The Morgan fingerprint density at radius 3 is 2.48 bits per heavy atom. The second-order valence-electron chi connectivity index (χ2n) is 12.7. The van der Waals surface area contributed by atoms with Crippen LogP contribution in [0.2, 0.25) is 0 Å². The van der Waals surface area contributed by atoms with Crippen LogP contribution in [0.1, 0.15) is 47.9 Å². The summed E-state index contributed by atoms with van der Waals surface area (Å²) in [5, 5.41) is 10.6. The Morgan fingerprint density at radius 1 is 0.940 bits per heavy atom. The number of fused-ring (bicyclic) bond motifs is 1. The van der Waals surface area contributed by atoms with Gasteiger partial charge in [-0.3, -0.25) is 14.6 Å². The number of nitrogens with zero attached hydrogens (tertiary/aromatic N) is 8. The molecule has 0 saturated heterocycles. The summed E-state index contributed by atoms with van der Waals surface area (Å²) >= 11 is 0. The van der Waals surface area contributed by atoms with E-state index in [-0.39, 0.29) is 29.9 Å². The van der Waals surface area contributed by atoms with E-state index < -0.39 is 11.7 Å². The summed E-state index contributed by atoms with van der Waals surface area (Å²) in [6.07, 6.45) is 8.29. The monoisotopic (exact) mass is 682 g/mol. The van der Waals surface area contributed by atoms with Crippen LogP contribution in [0, 0.1) is 0 Å². The first-order valence-electron chi connectivity index (χ1n) is 16.6. The maximum absolute atomic E-state index is 14.1. The van der Waals surface area contributed by atoms with Gasteiger partial charge in [0.25, 0.3) is 0 Å². The number of carbonyl (C=O) groups is 1. The Bertz CT molecular complexity index is 1920. The van der Waals surface area contributed by atoms with E-state index in [4.69, 9.17) is 4.98 Å². The zero-order valence-corrected chi connectivity index (χ0v) is 27.5. The molecule has 2 aliphatic rings. The Morgan fingerprint density at radius 2 is 1.76 bits per heavy atom. The van der Waals surface area contributed by atoms with Crippen LogP contribution in [-0.2, 0) is 32.7 Å². The highest BCUT2D eigenvalue weighted by molar-refractivity contribution is 5.91. The van der Waals surface area contributed by atoms with Gasteiger partial charge in [-0.15, -0.1) is 0 Å². The predicted molar refractivity (Wildman–Crippen MR) is 183 cm³/mol. The number of aromatic nitrogens is 6. The molecule has 11 nitrogen and oxygen atoms in total. The summed E-state index contributed by atoms with van der Waals surface area (Å²) in [7, 11) is 1.85. The maximum Gasteiger partial charge on any atom is 0.421 e. The lowest BCUT2D eigenvalue weighted by Gasteiger charge is -2.36. The molecule has 1 aromatic carbocycles. The average molecular weight is 683 g/mol. The molecule has 0 radical (unpaired) electrons. The fourth-order valence-electron chi connectivity index (χ4n) is 6.69. The lowest BCUT2D eigenvalue weighted by atomic mass is 9.90. The number of aryl methyl sites for hydroxylation is 1. The van der Waals surface area contributed by atoms with Gasteiger partial charge in [-0.2, -0.15) is 23.3 Å². The van der Waals surface area contributed by atoms with Crippen molar-refractivity contribution in [3.05, 3.63) is 108 Å². The van der Waals surface area contributed by atoms with E-state index in [0.29, 0.717) is 57.6 Å². The van der Waals surface area contributed by atoms with E-state index in [1.807, 2.05) is 61.8 Å². The lowest BCUT2D eigenvalue weighted by Crippen LogP contribution is -2.49. The van der Waals surface area contributed by atoms with E-state index >= 15 is 0 Å². The van der Waals surface area contributed by atoms with Crippen LogP contribution in [0.25, 0.3) is 11.1 Å². The molecule has 0 unspecified atom stereocenters. The molecule has 4 aromatic heterocycles. The largest absolute Gasteiger partial charge is 0.421 e. The minimum atomic E-state index is -4.60. The van der Waals surface area contributed by atoms with Gasteiger partial charge in [0.15, 0.2) is 0 Å². The number of benzene rings is 1. The van der Waals surface area contributed by atoms with Crippen LogP contribution in [0.5, 0.6) is 0 Å². The average Bonchev–Trinajstić information content (AvgIpc) is 3.57. The van der Waals surface area contributed by atoms with Gasteiger partial charge in [0.05, 0.1) is 6.20 Å². The molecular formula is C36H37F3N10O. The number of rotatable bonds is 8. The predicted octanol–water partition coefficient (Wildman–Crippen LogP) is 6.39. The van der Waals surface area contributed by atoms with Crippen molar-refractivity contribution < 1.29 is 18.0 Å². The molecule has 1 aliphatic carbocycles. The standard InChI is InChI=1S/C36H37F3N10O/c1-47-22-28(20-44-47)25-7-12-32(41-19-25)49(35(50)43-17-24-5-3-2-4-6-24)30-10-8-29(9-11-30)45-34-42-21-31(36(37,38)39)33(46-34)48-16-14-26-18-40-15-13-27(26)23-48/h2-7,12-13,15,18-22,29-30H,8-11,14,16-17,23H2,1H3,(H,43,50)(H,42,45,46)/t29-,30-. The number of hydrogen-bond donors (Lipinski definition) is 2. The summed E-state index contributed by atoms with van der Waals surface area (Å²) < 4.78 is 44.0. The van der Waals surface area contributed by atoms with Crippen molar-refractivity contribution in [3.8, 4) is 11.1 Å². The smallest absolute Gasteiger partial charge is 0.351 e. The third-order valence-electron chi connectivity index (χ3n) is 9.32. The highest BCUT2D eigenvalue weighted by Crippen LogP contribution is 2.38. The number of urea groups is 1. The van der Waals surface area contributed by atoms with Gasteiger partial charge in [-0.1, -0.05) is 30.3 Å². The Balaban J connectivity index is 1.06. The van der Waals surface area contributed by atoms with E-state index in [1.54, 1.807) is 39.3 Å². The fraction of sp³-hybridized carbons (Fsp3) is 0.333. The van der Waals surface area contributed by atoms with Gasteiger partial charge < -0.3 is 15.5 Å². The second-order valence-corrected chi connectivity index (χ2v) is 12.7. The van der Waals surface area contributed by atoms with Crippen LogP contribution < -0.4 is 20.4 Å². The van der Waals surface area contributed by atoms with Gasteiger partial charge in [0.2, 0.25) is 5.95 Å². The SMILES string of the molecule is Cn1cc(-c2ccc(N(C(=O)NCc3ccccc3)[C@H]3CC[C@H](Nc4ncc(C(F)(F)F)c(N5CCc6cnccc6C5)n4)CC3)nc2)cn1. The van der Waals surface area contributed by atoms with Gasteiger partial charge in [-0.05, 0) is 67.0 Å². The van der Waals surface area contributed by atoms with Crippen LogP contribution in [0.15, 0.2) is 85.7 Å². The van der Waals surface area contributed by atoms with Crippen molar-refractivity contribution in [1.29, 1.82) is 0 Å². The second kappa shape index (κ2) is 14.1. The number of hydrogen-bond acceptors (Lipinski definition) is 8. The molecule has 7 rings (SSSR count). The van der Waals surface area contributed by atoms with E-state index in [0.717, 1.165) is 34.0 Å². The molecule has 258 valence electrons. The number of nitrogens with one attached hydrogen (secondary N) is 2. The molecule has 2 N–H and O–H groups in total. The van der Waals surface area contributed by atoms with Crippen LogP contribution >= 0.6 is 0 Å². The van der Waals surface area contributed by atoms with Crippen molar-refractivity contribution in [2.45, 2.75) is 63.5 Å². The number of anilines is 3. The van der Waals surface area contributed by atoms with E-state index in [2.05, 4.69) is 30.7 Å². The van der Waals surface area contributed by atoms with Crippen LogP contribution in [-0.4, -0.2) is 54.4 Å². The first-order valence-corrected chi connectivity index (χ1v) is 16.6. The van der Waals surface area contributed by atoms with Crippen LogP contribution in [0.3, 0.4) is 0 Å². The van der Waals surface area contributed by atoms with Gasteiger partial charge in [0.1, 0.15) is 17.2 Å². The summed E-state index contributed by atoms with van der Waals surface area (Å²) in [5.41, 5.74) is 3.90. The van der Waals surface area contributed by atoms with Gasteiger partial charge in [-0.25, -0.2) is 14.8 Å². The Hall–Kier alpha value is -5.53. The minimum Gasteiger partial charge on any atom is -0.351 e. The molecule has 2 amide bonds. The first kappa shape index (κ1) is 33.0. The Kier molecular flexibility index (Phi) is 9.33. The van der Waals surface area contributed by atoms with Gasteiger partial charge >= 0.3 is 12.2 Å². The molecule has 1 fully saturated rings. The highest BCUT2D eigenvalue weighted by Gasteiger charge is 2.38. The topological polar surface area (TPSA) is 117 Å². The summed E-state index contributed by atoms with van der Waals surface area (Å²) in [6.45, 7) is 1.07. The number of halogens is 3. The molecule has 1 saturated carbocycles. The molecule has 5 heterocycles. The number of alkyl halides is 3. The zero-order valence-electron chi connectivity index (χ0n) is 27.5. The summed E-state index contributed by atoms with van der Waals surface area (Å²) in [6, 6.07) is 14.8. The maximum atomic E-state index is 14.1. The van der Waals surface area contributed by atoms with Gasteiger partial charge in [0, 0.05) is 80.9 Å². The fourth-order valence-corrected chi connectivity index (χ4v) is 6.69. The Labute approximate surface area is 287 Å². The van der Waals surface area contributed by atoms with Crippen molar-refractivity contribution in [2.75, 3.05) is 21.7 Å². The third-order valence-corrected chi connectivity index (χ3v) is 9.32. The summed E-state index contributed by atoms with van der Waals surface area (Å²) in [4.78, 5) is 34.5. The molecule has 0 bridgehead atoms. The van der Waals surface area contributed by atoms with Crippen molar-refractivity contribution in [1.82, 2.24) is 35.0 Å². The third kappa shape index (κ3) is 7.38.